The van der Waals surface area contributed by atoms with Gasteiger partial charge in [-0.2, -0.15) is 0 Å². The van der Waals surface area contributed by atoms with E-state index < -0.39 is 5.77 Å². The topological polar surface area (TPSA) is 40.1 Å². The molecule has 10 heavy (non-hydrogen) atoms. The van der Waals surface area contributed by atoms with E-state index in [4.69, 9.17) is 0 Å². The van der Waals surface area contributed by atoms with Gasteiger partial charge in [0, 0.05) is 0 Å². The van der Waals surface area contributed by atoms with Gasteiger partial charge in [-0.25, -0.2) is 0 Å². The summed E-state index contributed by atoms with van der Waals surface area (Å²) in [5, 5.41) is 0. The van der Waals surface area contributed by atoms with E-state index in [1.807, 2.05) is 13.8 Å². The van der Waals surface area contributed by atoms with Crippen LogP contribution in [0.15, 0.2) is 0 Å². The zero-order valence-electron chi connectivity index (χ0n) is 6.49. The van der Waals surface area contributed by atoms with E-state index in [0.717, 1.165) is 22.8 Å². The molecule has 0 saturated heterocycles. The van der Waals surface area contributed by atoms with Crippen LogP contribution in [0.3, 0.4) is 0 Å². The molecule has 0 atom stereocenters. The van der Waals surface area contributed by atoms with Crippen LogP contribution >= 0.6 is 28.5 Å². The van der Waals surface area contributed by atoms with Crippen molar-refractivity contribution < 1.29 is 39.0 Å². The second-order valence-electron chi connectivity index (χ2n) is 1.28. The molecule has 0 aromatic rings. The van der Waals surface area contributed by atoms with Gasteiger partial charge in [0.1, 0.15) is 5.77 Å². The summed E-state index contributed by atoms with van der Waals surface area (Å²) in [6.45, 7) is 3.68. The molecule has 0 aliphatic carbocycles. The minimum atomic E-state index is -3.11. The average Bonchev–Trinajstić information content (AvgIpc) is 1.64. The molecule has 0 aromatic carbocycles. The van der Waals surface area contributed by atoms with Gasteiger partial charge < -0.3 is 9.46 Å². The first-order valence-electron chi connectivity index (χ1n) is 2.72. The maximum Gasteiger partial charge on any atom is 1.00 e. The first-order chi connectivity index (χ1) is 4.12. The van der Waals surface area contributed by atoms with Crippen LogP contribution in [0.5, 0.6) is 0 Å². The zero-order valence-corrected chi connectivity index (χ0v) is 11.0. The summed E-state index contributed by atoms with van der Waals surface area (Å²) in [5.74, 6) is -1.82. The molecule has 0 rings (SSSR count). The minimum absolute atomic E-state index is 0. The van der Waals surface area contributed by atoms with Crippen LogP contribution in [-0.4, -0.2) is 11.5 Å². The molecule has 0 aromatic heterocycles. The van der Waals surface area contributed by atoms with E-state index >= 15 is 0 Å². The Hall–Kier alpha value is 1.89. The summed E-state index contributed by atoms with van der Waals surface area (Å²) in [6, 6.07) is 0. The van der Waals surface area contributed by atoms with E-state index in [9.17, 15) is 9.46 Å². The van der Waals surface area contributed by atoms with Crippen molar-refractivity contribution in [3.05, 3.63) is 0 Å². The Kier molecular flexibility index (Phi) is 10.9. The third-order valence-corrected chi connectivity index (χ3v) is 7.07. The maximum atomic E-state index is 10.8. The first-order valence-corrected chi connectivity index (χ1v) is 7.53. The molecular formula is C4H10NaO2PS2. The molecule has 0 N–H and O–H groups in total. The van der Waals surface area contributed by atoms with Crippen LogP contribution in [0.4, 0.5) is 0 Å². The van der Waals surface area contributed by atoms with Crippen molar-refractivity contribution in [3.8, 4) is 0 Å². The molecule has 0 aliphatic heterocycles. The van der Waals surface area contributed by atoms with Crippen molar-refractivity contribution in [2.24, 2.45) is 0 Å². The van der Waals surface area contributed by atoms with Gasteiger partial charge in [-0.15, -0.1) is 22.8 Å². The Morgan fingerprint density at radius 2 is 1.60 bits per heavy atom. The molecule has 0 bridgehead atoms. The Bertz CT molecular complexity index is 112. The summed E-state index contributed by atoms with van der Waals surface area (Å²) in [4.78, 5) is 10.8. The van der Waals surface area contributed by atoms with Crippen LogP contribution in [0, 0.1) is 0 Å². The Morgan fingerprint density at radius 3 is 1.80 bits per heavy atom. The molecule has 2 nitrogen and oxygen atoms in total. The summed E-state index contributed by atoms with van der Waals surface area (Å²) < 4.78 is 10.8. The van der Waals surface area contributed by atoms with Crippen molar-refractivity contribution in [1.82, 2.24) is 0 Å². The van der Waals surface area contributed by atoms with Crippen LogP contribution in [-0.2, 0) is 4.57 Å². The minimum Gasteiger partial charge on any atom is -0.784 e. The molecule has 0 saturated carbocycles. The molecule has 0 fully saturated rings. The SMILES string of the molecule is CCSP(=O)([O-])SCC.[Na+]. The summed E-state index contributed by atoms with van der Waals surface area (Å²) >= 11 is 2.04. The van der Waals surface area contributed by atoms with Gasteiger partial charge in [-0.05, 0) is 11.5 Å². The summed E-state index contributed by atoms with van der Waals surface area (Å²) in [6.07, 6.45) is 0. The number of rotatable bonds is 4. The van der Waals surface area contributed by atoms with Crippen LogP contribution in [0.2, 0.25) is 0 Å². The van der Waals surface area contributed by atoms with Gasteiger partial charge >= 0.3 is 29.6 Å². The van der Waals surface area contributed by atoms with E-state index in [1.54, 1.807) is 0 Å². The van der Waals surface area contributed by atoms with E-state index in [2.05, 4.69) is 0 Å². The predicted octanol–water partition coefficient (Wildman–Crippen LogP) is -1.04. The standard InChI is InChI=1S/C4H11O2PS2.Na/c1-3-8-7(5,6)9-4-2;/h3-4H2,1-2H3,(H,5,6);/q;+1/p-1. The quantitative estimate of drug-likeness (QED) is 0.437. The number of hydrogen-bond acceptors (Lipinski definition) is 4. The molecule has 0 amide bonds. The molecule has 6 heteroatoms. The van der Waals surface area contributed by atoms with Crippen molar-refractivity contribution >= 4 is 28.5 Å². The Balaban J connectivity index is 0. The predicted molar refractivity (Wildman–Crippen MR) is 43.9 cm³/mol. The second kappa shape index (κ2) is 7.53. The molecule has 0 aliphatic rings. The fraction of sp³-hybridized carbons (Fsp3) is 1.00. The molecule has 56 valence electrons. The Morgan fingerprint density at radius 1 is 1.30 bits per heavy atom. The van der Waals surface area contributed by atoms with E-state index in [0.29, 0.717) is 11.5 Å². The van der Waals surface area contributed by atoms with Gasteiger partial charge in [0.25, 0.3) is 0 Å². The van der Waals surface area contributed by atoms with Crippen molar-refractivity contribution in [3.63, 3.8) is 0 Å². The molecule has 0 unspecified atom stereocenters. The van der Waals surface area contributed by atoms with E-state index in [1.165, 1.54) is 0 Å². The Labute approximate surface area is 92.2 Å². The third kappa shape index (κ3) is 7.99. The summed E-state index contributed by atoms with van der Waals surface area (Å²) in [5.41, 5.74) is 0. The largest absolute Gasteiger partial charge is 1.00 e. The average molecular weight is 208 g/mol. The smallest absolute Gasteiger partial charge is 0.784 e. The van der Waals surface area contributed by atoms with Gasteiger partial charge in [0.05, 0.1) is 0 Å². The van der Waals surface area contributed by atoms with E-state index in [-0.39, 0.29) is 29.6 Å². The fourth-order valence-electron chi connectivity index (χ4n) is 0.353. The van der Waals surface area contributed by atoms with Crippen LogP contribution in [0.25, 0.3) is 0 Å². The molecule has 0 heterocycles. The number of hydrogen-bond donors (Lipinski definition) is 0. The first kappa shape index (κ1) is 14.4. The maximum absolute atomic E-state index is 10.8. The molecule has 0 radical (unpaired) electrons. The third-order valence-electron chi connectivity index (χ3n) is 0.574. The van der Waals surface area contributed by atoms with Crippen molar-refractivity contribution in [2.75, 3.05) is 11.5 Å². The van der Waals surface area contributed by atoms with Crippen molar-refractivity contribution in [2.45, 2.75) is 13.8 Å². The van der Waals surface area contributed by atoms with Gasteiger partial charge in [-0.3, -0.25) is 0 Å². The van der Waals surface area contributed by atoms with Gasteiger partial charge in [-0.1, -0.05) is 13.8 Å². The fourth-order valence-corrected chi connectivity index (χ4v) is 5.75. The zero-order chi connectivity index (χ0) is 7.33. The van der Waals surface area contributed by atoms with Crippen LogP contribution in [0.1, 0.15) is 13.8 Å². The normalized spacial score (nSPS) is 10.7. The molecular weight excluding hydrogens is 198 g/mol. The van der Waals surface area contributed by atoms with Crippen LogP contribution < -0.4 is 34.5 Å². The molecule has 0 spiro atoms. The van der Waals surface area contributed by atoms with Crippen molar-refractivity contribution in [1.29, 1.82) is 0 Å². The second-order valence-corrected chi connectivity index (χ2v) is 8.98. The summed E-state index contributed by atoms with van der Waals surface area (Å²) in [7, 11) is 0. The van der Waals surface area contributed by atoms with Gasteiger partial charge in [0.15, 0.2) is 0 Å². The monoisotopic (exact) mass is 208 g/mol. The van der Waals surface area contributed by atoms with Gasteiger partial charge in [0.2, 0.25) is 0 Å².